The number of phenols is 1. The van der Waals surface area contributed by atoms with Crippen LogP contribution in [-0.4, -0.2) is 39.8 Å². The Kier molecular flexibility index (Phi) is 9.66. The van der Waals surface area contributed by atoms with Crippen LogP contribution in [0.4, 0.5) is 17.1 Å². The van der Waals surface area contributed by atoms with E-state index in [4.69, 9.17) is 0 Å². The van der Waals surface area contributed by atoms with Crippen molar-refractivity contribution in [1.29, 1.82) is 0 Å². The van der Waals surface area contributed by atoms with Gasteiger partial charge in [0, 0.05) is 17.3 Å². The number of amides is 2. The molecule has 0 radical (unpaired) electrons. The van der Waals surface area contributed by atoms with E-state index in [2.05, 4.69) is 11.4 Å². The number of aliphatic hydroxyl groups excluding tert-OH is 2. The molecule has 4 aromatic carbocycles. The van der Waals surface area contributed by atoms with Crippen molar-refractivity contribution >= 4 is 40.5 Å². The lowest BCUT2D eigenvalue weighted by molar-refractivity contribution is -0.123. The van der Waals surface area contributed by atoms with Gasteiger partial charge in [-0.3, -0.25) is 14.5 Å². The fourth-order valence-electron chi connectivity index (χ4n) is 7.11. The van der Waals surface area contributed by atoms with Crippen LogP contribution in [0.15, 0.2) is 120 Å². The van der Waals surface area contributed by atoms with E-state index >= 15 is 0 Å². The van der Waals surface area contributed by atoms with E-state index in [1.165, 1.54) is 4.90 Å². The summed E-state index contributed by atoms with van der Waals surface area (Å²) in [6.45, 7) is 1.66. The van der Waals surface area contributed by atoms with Crippen molar-refractivity contribution in [3.63, 3.8) is 0 Å². The fourth-order valence-corrected chi connectivity index (χ4v) is 7.11. The molecule has 1 aliphatic carbocycles. The quantitative estimate of drug-likeness (QED) is 0.0786. The minimum atomic E-state index is -0.893. The molecule has 4 N–H and O–H groups in total. The van der Waals surface area contributed by atoms with Crippen LogP contribution in [0, 0.1) is 17.8 Å². The monoisotopic (exact) mass is 628 g/mol. The predicted molar refractivity (Wildman–Crippen MR) is 186 cm³/mol. The van der Waals surface area contributed by atoms with Gasteiger partial charge in [-0.1, -0.05) is 79.2 Å². The molecule has 0 spiro atoms. The van der Waals surface area contributed by atoms with Crippen LogP contribution in [-0.2, 0) is 9.59 Å². The van der Waals surface area contributed by atoms with Gasteiger partial charge in [-0.25, -0.2) is 0 Å². The summed E-state index contributed by atoms with van der Waals surface area (Å²) in [6, 6.07) is 33.9. The number of hydrogen-bond acceptors (Lipinski definition) is 6. The van der Waals surface area contributed by atoms with Crippen LogP contribution in [0.2, 0.25) is 0 Å². The molecule has 7 heteroatoms. The molecule has 0 unspecified atom stereocenters. The van der Waals surface area contributed by atoms with Gasteiger partial charge in [0.15, 0.2) is 0 Å². The number of carbonyl (C=O) groups is 2. The third-order valence-corrected chi connectivity index (χ3v) is 9.42. The number of nitrogens with one attached hydrogen (secondary N) is 1. The molecule has 240 valence electrons. The number of aromatic hydroxyl groups is 1. The normalized spacial score (nSPS) is 20.4. The first-order valence-electron chi connectivity index (χ1n) is 16.2. The summed E-state index contributed by atoms with van der Waals surface area (Å²) in [5, 5.41) is 35.5. The summed E-state index contributed by atoms with van der Waals surface area (Å²) in [5.74, 6) is -2.37. The second-order valence-corrected chi connectivity index (χ2v) is 12.3. The van der Waals surface area contributed by atoms with E-state index in [9.17, 15) is 24.9 Å². The lowest BCUT2D eigenvalue weighted by atomic mass is 9.67. The van der Waals surface area contributed by atoms with Crippen molar-refractivity contribution in [3.05, 3.63) is 131 Å². The molecular formula is C40H40N2O5. The Morgan fingerprint density at radius 3 is 2.15 bits per heavy atom. The lowest BCUT2D eigenvalue weighted by Gasteiger charge is -2.36. The highest BCUT2D eigenvalue weighted by Gasteiger charge is 2.55. The molecule has 2 aliphatic rings. The first kappa shape index (κ1) is 32.0. The number of phenolic OH excluding ortho intramolecular Hbond substituents is 1. The Labute approximate surface area is 275 Å². The molecule has 4 aromatic rings. The van der Waals surface area contributed by atoms with Gasteiger partial charge in [0.05, 0.1) is 30.2 Å². The average molecular weight is 629 g/mol. The standard InChI is InChI=1S/C40H40N2O5/c1-2-27-24-34-38(40(47)42(39(34)46)32-18-16-31(17-19-32)41-30-11-7-4-8-12-30)35(25-43)37(27)36(45)22-15-29(28-9-5-3-6-10-28)23-26-13-20-33(44)21-14-26/h3-14,16-21,23,34-36,38,41,43-45H,2,15,22,24-25H2,1H3/b29-23-/t34-,35+,36-,38-/m1/s1. The second-order valence-electron chi connectivity index (χ2n) is 12.3. The summed E-state index contributed by atoms with van der Waals surface area (Å²) < 4.78 is 0. The molecule has 2 amide bonds. The van der Waals surface area contributed by atoms with E-state index in [0.29, 0.717) is 36.9 Å². The summed E-state index contributed by atoms with van der Waals surface area (Å²) in [4.78, 5) is 29.0. The number of para-hydroxylation sites is 1. The summed E-state index contributed by atoms with van der Waals surface area (Å²) >= 11 is 0. The van der Waals surface area contributed by atoms with Crippen molar-refractivity contribution in [3.8, 4) is 5.75 Å². The van der Waals surface area contributed by atoms with E-state index in [-0.39, 0.29) is 24.2 Å². The van der Waals surface area contributed by atoms with Gasteiger partial charge < -0.3 is 20.6 Å². The Balaban J connectivity index is 1.22. The number of imide groups is 1. The van der Waals surface area contributed by atoms with Gasteiger partial charge in [-0.2, -0.15) is 0 Å². The smallest absolute Gasteiger partial charge is 0.238 e. The van der Waals surface area contributed by atoms with Gasteiger partial charge in [-0.15, -0.1) is 0 Å². The number of allylic oxidation sites excluding steroid dienone is 2. The molecule has 4 atom stereocenters. The summed E-state index contributed by atoms with van der Waals surface area (Å²) in [5.41, 5.74) is 6.87. The molecule has 1 fully saturated rings. The number of hydrogen-bond donors (Lipinski definition) is 4. The Bertz CT molecular complexity index is 1770. The van der Waals surface area contributed by atoms with Crippen LogP contribution in [0.5, 0.6) is 5.75 Å². The first-order valence-corrected chi connectivity index (χ1v) is 16.2. The molecule has 1 aliphatic heterocycles. The molecule has 0 saturated carbocycles. The predicted octanol–water partition coefficient (Wildman–Crippen LogP) is 7.34. The Morgan fingerprint density at radius 2 is 1.51 bits per heavy atom. The minimum absolute atomic E-state index is 0.194. The fraction of sp³-hybridized carbons (Fsp3) is 0.250. The van der Waals surface area contributed by atoms with Gasteiger partial charge in [0.25, 0.3) is 0 Å². The molecule has 1 heterocycles. The maximum atomic E-state index is 14.0. The zero-order chi connectivity index (χ0) is 32.9. The number of anilines is 3. The number of fused-ring (bicyclic) bond motifs is 1. The van der Waals surface area contributed by atoms with Crippen molar-refractivity contribution < 1.29 is 24.9 Å². The average Bonchev–Trinajstić information content (AvgIpc) is 3.36. The second kappa shape index (κ2) is 14.2. The van der Waals surface area contributed by atoms with Crippen LogP contribution < -0.4 is 10.2 Å². The molecule has 0 bridgehead atoms. The highest BCUT2D eigenvalue weighted by molar-refractivity contribution is 6.22. The first-order chi connectivity index (χ1) is 22.9. The maximum absolute atomic E-state index is 14.0. The van der Waals surface area contributed by atoms with Crippen LogP contribution in [0.1, 0.15) is 43.7 Å². The molecule has 0 aromatic heterocycles. The Hall–Kier alpha value is -4.98. The van der Waals surface area contributed by atoms with E-state index < -0.39 is 23.9 Å². The van der Waals surface area contributed by atoms with E-state index in [1.54, 1.807) is 24.3 Å². The van der Waals surface area contributed by atoms with Crippen molar-refractivity contribution in [2.45, 2.75) is 38.7 Å². The summed E-state index contributed by atoms with van der Waals surface area (Å²) in [6.07, 6.45) is 3.08. The largest absolute Gasteiger partial charge is 0.508 e. The van der Waals surface area contributed by atoms with Crippen LogP contribution in [0.25, 0.3) is 11.6 Å². The van der Waals surface area contributed by atoms with E-state index in [0.717, 1.165) is 33.6 Å². The number of rotatable bonds is 11. The maximum Gasteiger partial charge on any atom is 0.238 e. The Morgan fingerprint density at radius 1 is 0.872 bits per heavy atom. The van der Waals surface area contributed by atoms with Crippen molar-refractivity contribution in [2.24, 2.45) is 17.8 Å². The van der Waals surface area contributed by atoms with Gasteiger partial charge >= 0.3 is 0 Å². The number of nitrogens with zero attached hydrogens (tertiary/aromatic N) is 1. The van der Waals surface area contributed by atoms with Crippen molar-refractivity contribution in [1.82, 2.24) is 0 Å². The molecule has 6 rings (SSSR count). The zero-order valence-electron chi connectivity index (χ0n) is 26.4. The zero-order valence-corrected chi connectivity index (χ0v) is 26.4. The molecular weight excluding hydrogens is 588 g/mol. The third-order valence-electron chi connectivity index (χ3n) is 9.42. The number of benzene rings is 4. The third kappa shape index (κ3) is 6.77. The summed E-state index contributed by atoms with van der Waals surface area (Å²) in [7, 11) is 0. The van der Waals surface area contributed by atoms with Gasteiger partial charge in [-0.05, 0) is 96.5 Å². The SMILES string of the molecule is CCC1=C([C@H](O)CC/C(=C/c2ccc(O)cc2)c2ccccc2)[C@H](CO)[C@@H]2C(=O)N(c3ccc(Nc4ccccc4)cc3)C(=O)[C@@H]2C1. The van der Waals surface area contributed by atoms with Crippen LogP contribution >= 0.6 is 0 Å². The molecule has 1 saturated heterocycles. The lowest BCUT2D eigenvalue weighted by Crippen LogP contribution is -2.39. The number of aliphatic hydroxyl groups is 2. The van der Waals surface area contributed by atoms with Crippen LogP contribution in [0.3, 0.4) is 0 Å². The molecule has 7 nitrogen and oxygen atoms in total. The topological polar surface area (TPSA) is 110 Å². The highest BCUT2D eigenvalue weighted by atomic mass is 16.3. The highest BCUT2D eigenvalue weighted by Crippen LogP contribution is 2.48. The van der Waals surface area contributed by atoms with Gasteiger partial charge in [0.2, 0.25) is 11.8 Å². The number of carbonyl (C=O) groups excluding carboxylic acids is 2. The van der Waals surface area contributed by atoms with Crippen molar-refractivity contribution in [2.75, 3.05) is 16.8 Å². The van der Waals surface area contributed by atoms with E-state index in [1.807, 2.05) is 91.9 Å². The van der Waals surface area contributed by atoms with Gasteiger partial charge in [0.1, 0.15) is 5.75 Å². The minimum Gasteiger partial charge on any atom is -0.508 e. The molecule has 47 heavy (non-hydrogen) atoms.